The molecule has 5 nitrogen and oxygen atoms in total. The molecule has 0 heterocycles. The quantitative estimate of drug-likeness (QED) is 0.199. The van der Waals surface area contributed by atoms with Crippen molar-refractivity contribution in [1.82, 2.24) is 4.72 Å². The SMILES string of the molecule is CCP(=O)(O)CCC/C=C\CC1C(NS(=O)(=O)c2ccc(-c3c(F)cccc3F)cc2)C2CC[C@H]1C2. The fourth-order valence-corrected chi connectivity index (χ4v) is 8.09. The van der Waals surface area contributed by atoms with Crippen LogP contribution < -0.4 is 4.72 Å². The molecule has 196 valence electrons. The van der Waals surface area contributed by atoms with Crippen LogP contribution in [0.25, 0.3) is 11.1 Å². The van der Waals surface area contributed by atoms with Crippen molar-refractivity contribution in [3.8, 4) is 11.1 Å². The van der Waals surface area contributed by atoms with E-state index < -0.39 is 29.0 Å². The summed E-state index contributed by atoms with van der Waals surface area (Å²) in [5.74, 6) is -0.396. The first-order valence-electron chi connectivity index (χ1n) is 12.6. The van der Waals surface area contributed by atoms with Gasteiger partial charge in [0.2, 0.25) is 10.0 Å². The van der Waals surface area contributed by atoms with E-state index in [1.165, 1.54) is 42.5 Å². The molecule has 0 spiro atoms. The zero-order valence-electron chi connectivity index (χ0n) is 20.4. The molecule has 4 unspecified atom stereocenters. The lowest BCUT2D eigenvalue weighted by Gasteiger charge is -2.31. The summed E-state index contributed by atoms with van der Waals surface area (Å²) < 4.78 is 69.3. The van der Waals surface area contributed by atoms with E-state index in [-0.39, 0.29) is 28.0 Å². The van der Waals surface area contributed by atoms with Gasteiger partial charge in [0.05, 0.1) is 10.5 Å². The predicted octanol–water partition coefficient (Wildman–Crippen LogP) is 6.34. The van der Waals surface area contributed by atoms with Crippen molar-refractivity contribution in [1.29, 1.82) is 0 Å². The minimum atomic E-state index is -3.80. The maximum absolute atomic E-state index is 14.1. The number of sulfonamides is 1. The Bertz CT molecular complexity index is 1230. The van der Waals surface area contributed by atoms with E-state index in [4.69, 9.17) is 0 Å². The summed E-state index contributed by atoms with van der Waals surface area (Å²) >= 11 is 0. The van der Waals surface area contributed by atoms with Gasteiger partial charge in [-0.1, -0.05) is 37.3 Å². The molecule has 2 aromatic carbocycles. The lowest BCUT2D eigenvalue weighted by atomic mass is 9.83. The van der Waals surface area contributed by atoms with Gasteiger partial charge in [0.25, 0.3) is 0 Å². The van der Waals surface area contributed by atoms with Crippen molar-refractivity contribution in [2.45, 2.75) is 56.4 Å². The molecule has 0 amide bonds. The van der Waals surface area contributed by atoms with Gasteiger partial charge in [-0.2, -0.15) is 0 Å². The minimum absolute atomic E-state index is 0.0735. The molecule has 0 aromatic heterocycles. The first-order valence-corrected chi connectivity index (χ1v) is 16.2. The third-order valence-corrected chi connectivity index (χ3v) is 11.2. The van der Waals surface area contributed by atoms with Crippen molar-refractivity contribution >= 4 is 17.4 Å². The second kappa shape index (κ2) is 11.3. The van der Waals surface area contributed by atoms with Crippen molar-refractivity contribution < 1.29 is 26.7 Å². The molecule has 0 saturated heterocycles. The molecule has 5 atom stereocenters. The lowest BCUT2D eigenvalue weighted by molar-refractivity contribution is 0.274. The molecule has 2 bridgehead atoms. The summed E-state index contributed by atoms with van der Waals surface area (Å²) in [6.45, 7) is 1.73. The fraction of sp³-hybridized carbons (Fsp3) is 0.481. The minimum Gasteiger partial charge on any atom is -0.344 e. The molecule has 2 aliphatic carbocycles. The second-order valence-electron chi connectivity index (χ2n) is 10.0. The summed E-state index contributed by atoms with van der Waals surface area (Å²) in [5, 5.41) is 0. The Balaban J connectivity index is 1.40. The van der Waals surface area contributed by atoms with Gasteiger partial charge in [-0.25, -0.2) is 21.9 Å². The number of halogens is 2. The molecule has 2 aliphatic rings. The van der Waals surface area contributed by atoms with Gasteiger partial charge >= 0.3 is 0 Å². The molecule has 0 radical (unpaired) electrons. The normalized spacial score (nSPS) is 25.4. The average Bonchev–Trinajstić information content (AvgIpc) is 3.44. The third-order valence-electron chi connectivity index (χ3n) is 7.74. The molecule has 2 N–H and O–H groups in total. The Hall–Kier alpha value is -1.86. The van der Waals surface area contributed by atoms with Crippen LogP contribution in [0.1, 0.15) is 45.4 Å². The van der Waals surface area contributed by atoms with Gasteiger partial charge in [-0.15, -0.1) is 0 Å². The van der Waals surface area contributed by atoms with Gasteiger partial charge in [-0.3, -0.25) is 4.57 Å². The van der Waals surface area contributed by atoms with E-state index >= 15 is 0 Å². The number of fused-ring (bicyclic) bond motifs is 2. The van der Waals surface area contributed by atoms with E-state index in [0.29, 0.717) is 30.6 Å². The summed E-state index contributed by atoms with van der Waals surface area (Å²) in [7, 11) is -6.79. The molecule has 2 fully saturated rings. The monoisotopic (exact) mass is 537 g/mol. The zero-order valence-corrected chi connectivity index (χ0v) is 22.2. The molecule has 2 aromatic rings. The maximum Gasteiger partial charge on any atom is 0.240 e. The van der Waals surface area contributed by atoms with Crippen molar-refractivity contribution in [3.05, 3.63) is 66.3 Å². The van der Waals surface area contributed by atoms with Crippen LogP contribution in [0, 0.1) is 29.4 Å². The molecule has 0 aliphatic heterocycles. The molecule has 36 heavy (non-hydrogen) atoms. The Morgan fingerprint density at radius 1 is 1.06 bits per heavy atom. The standard InChI is InChI=1S/C27H34F2NO4PS/c1-2-35(31,32)17-6-4-3-5-8-23-20-11-12-21(18-20)27(23)30-36(33,34)22-15-13-19(14-16-22)26-24(28)9-7-10-25(26)29/h3,5,7,9-10,13-16,20-21,23,27,30H,2,4,6,8,11-12,17-18H2,1H3,(H,31,32)/b5-3-/t20-,21?,23?,27?/m0/s1. The Morgan fingerprint density at radius 2 is 1.72 bits per heavy atom. The molecule has 9 heteroatoms. The largest absolute Gasteiger partial charge is 0.344 e. The number of hydrogen-bond acceptors (Lipinski definition) is 3. The summed E-state index contributed by atoms with van der Waals surface area (Å²) in [6, 6.07) is 9.12. The topological polar surface area (TPSA) is 83.5 Å². The number of allylic oxidation sites excluding steroid dienone is 2. The number of hydrogen-bond donors (Lipinski definition) is 2. The number of benzene rings is 2. The Morgan fingerprint density at radius 3 is 2.39 bits per heavy atom. The summed E-state index contributed by atoms with van der Waals surface area (Å²) in [4.78, 5) is 9.76. The van der Waals surface area contributed by atoms with Crippen LogP contribution in [0.15, 0.2) is 59.5 Å². The fourth-order valence-electron chi connectivity index (χ4n) is 5.74. The van der Waals surface area contributed by atoms with Crippen LogP contribution in [-0.4, -0.2) is 31.7 Å². The average molecular weight is 538 g/mol. The zero-order chi connectivity index (χ0) is 25.9. The number of nitrogens with one attached hydrogen (secondary N) is 1. The van der Waals surface area contributed by atoms with E-state index in [0.717, 1.165) is 32.1 Å². The predicted molar refractivity (Wildman–Crippen MR) is 138 cm³/mol. The first kappa shape index (κ1) is 27.2. The van der Waals surface area contributed by atoms with Gasteiger partial charge in [0, 0.05) is 18.4 Å². The number of unbranched alkanes of at least 4 members (excludes halogenated alkanes) is 1. The van der Waals surface area contributed by atoms with Crippen molar-refractivity contribution in [2.75, 3.05) is 12.3 Å². The van der Waals surface area contributed by atoms with Crippen LogP contribution in [0.4, 0.5) is 8.78 Å². The van der Waals surface area contributed by atoms with Crippen LogP contribution in [0.2, 0.25) is 0 Å². The van der Waals surface area contributed by atoms with Crippen LogP contribution in [-0.2, 0) is 14.6 Å². The van der Waals surface area contributed by atoms with Crippen molar-refractivity contribution in [3.63, 3.8) is 0 Å². The molecular weight excluding hydrogens is 503 g/mol. The first-order chi connectivity index (χ1) is 17.1. The Labute approximate surface area is 212 Å². The van der Waals surface area contributed by atoms with E-state index in [1.807, 2.05) is 6.08 Å². The summed E-state index contributed by atoms with van der Waals surface area (Å²) in [5.41, 5.74) is 0.106. The molecule has 4 rings (SSSR count). The highest BCUT2D eigenvalue weighted by Crippen LogP contribution is 2.50. The molecule has 2 saturated carbocycles. The highest BCUT2D eigenvalue weighted by atomic mass is 32.2. The van der Waals surface area contributed by atoms with Crippen LogP contribution in [0.5, 0.6) is 0 Å². The van der Waals surface area contributed by atoms with Crippen LogP contribution in [0.3, 0.4) is 0 Å². The van der Waals surface area contributed by atoms with E-state index in [2.05, 4.69) is 10.8 Å². The highest BCUT2D eigenvalue weighted by Gasteiger charge is 2.48. The van der Waals surface area contributed by atoms with Gasteiger partial charge in [0.1, 0.15) is 11.6 Å². The smallest absolute Gasteiger partial charge is 0.240 e. The highest BCUT2D eigenvalue weighted by molar-refractivity contribution is 7.89. The van der Waals surface area contributed by atoms with Gasteiger partial charge < -0.3 is 4.89 Å². The number of rotatable bonds is 11. The summed E-state index contributed by atoms with van der Waals surface area (Å²) in [6.07, 6.45) is 10.0. The second-order valence-corrected chi connectivity index (χ2v) is 14.5. The van der Waals surface area contributed by atoms with E-state index in [1.54, 1.807) is 6.92 Å². The van der Waals surface area contributed by atoms with Gasteiger partial charge in [-0.05, 0) is 86.1 Å². The van der Waals surface area contributed by atoms with Crippen molar-refractivity contribution in [2.24, 2.45) is 17.8 Å². The molecular formula is C27H34F2NO4PS. The van der Waals surface area contributed by atoms with E-state index in [9.17, 15) is 26.7 Å². The van der Waals surface area contributed by atoms with Crippen LogP contribution >= 0.6 is 7.37 Å². The Kier molecular flexibility index (Phi) is 8.50. The lowest BCUT2D eigenvalue weighted by Crippen LogP contribution is -2.43. The maximum atomic E-state index is 14.1. The third kappa shape index (κ3) is 6.16. The van der Waals surface area contributed by atoms with Gasteiger partial charge in [0.15, 0.2) is 7.37 Å².